The monoisotopic (exact) mass is 294 g/mol. The number of amides is 1. The minimum absolute atomic E-state index is 0.0116. The van der Waals surface area contributed by atoms with Crippen LogP contribution in [0.5, 0.6) is 0 Å². The third-order valence-corrected chi connectivity index (χ3v) is 2.84. The largest absolute Gasteiger partial charge is 0.462 e. The molecule has 0 atom stereocenters. The molecule has 0 aliphatic carbocycles. The van der Waals surface area contributed by atoms with Crippen LogP contribution in [0.25, 0.3) is 0 Å². The first kappa shape index (κ1) is 16.9. The van der Waals surface area contributed by atoms with Gasteiger partial charge in [0.2, 0.25) is 0 Å². The van der Waals surface area contributed by atoms with Crippen LogP contribution < -0.4 is 0 Å². The van der Waals surface area contributed by atoms with Gasteiger partial charge >= 0.3 is 0 Å². The molecule has 0 aromatic carbocycles. The van der Waals surface area contributed by atoms with E-state index in [1.54, 1.807) is 23.2 Å². The summed E-state index contributed by atoms with van der Waals surface area (Å²) in [6.07, 6.45) is 2.71. The molecule has 1 amide bonds. The Morgan fingerprint density at radius 3 is 2.33 bits per heavy atom. The van der Waals surface area contributed by atoms with Crippen molar-refractivity contribution in [3.05, 3.63) is 24.0 Å². The second-order valence-electron chi connectivity index (χ2n) is 5.74. The molecule has 1 aromatic rings. The van der Waals surface area contributed by atoms with Gasteiger partial charge in [0.25, 0.3) is 12.4 Å². The van der Waals surface area contributed by atoms with Crippen LogP contribution in [-0.2, 0) is 14.3 Å². The summed E-state index contributed by atoms with van der Waals surface area (Å²) >= 11 is 0. The molecule has 6 nitrogen and oxygen atoms in total. The molecule has 2 rings (SSSR count). The molecule has 0 unspecified atom stereocenters. The number of aromatic amines is 1. The van der Waals surface area contributed by atoms with E-state index in [9.17, 15) is 14.4 Å². The normalized spacial score (nSPS) is 15.0. The predicted octanol–water partition coefficient (Wildman–Crippen LogP) is 1.78. The number of aromatic nitrogens is 1. The molecule has 1 aliphatic heterocycles. The lowest BCUT2D eigenvalue weighted by molar-refractivity contribution is -0.138. The number of hydrogen-bond acceptors (Lipinski definition) is 4. The van der Waals surface area contributed by atoms with Crippen LogP contribution in [0, 0.1) is 0 Å². The quantitative estimate of drug-likeness (QED) is 0.843. The highest BCUT2D eigenvalue weighted by molar-refractivity contribution is 5.93. The number of ketones is 1. The zero-order valence-electron chi connectivity index (χ0n) is 12.7. The molecule has 2 heterocycles. The molecule has 0 spiro atoms. The van der Waals surface area contributed by atoms with E-state index in [4.69, 9.17) is 0 Å². The first-order chi connectivity index (χ1) is 9.83. The van der Waals surface area contributed by atoms with Crippen molar-refractivity contribution in [2.75, 3.05) is 13.1 Å². The molecule has 21 heavy (non-hydrogen) atoms. The number of nitrogens with one attached hydrogen (secondary N) is 1. The van der Waals surface area contributed by atoms with Crippen molar-refractivity contribution in [3.63, 3.8) is 0 Å². The van der Waals surface area contributed by atoms with Crippen molar-refractivity contribution in [3.8, 4) is 0 Å². The van der Waals surface area contributed by atoms with E-state index < -0.39 is 0 Å². The SMILES string of the molecule is CC(C)(C)OC=O.O=C1CCN(C(=O)c2ccc[nH]2)CC1. The van der Waals surface area contributed by atoms with Crippen molar-refractivity contribution in [1.29, 1.82) is 0 Å². The minimum Gasteiger partial charge on any atom is -0.462 e. The summed E-state index contributed by atoms with van der Waals surface area (Å²) in [7, 11) is 0. The maximum absolute atomic E-state index is 11.8. The molecule has 0 bridgehead atoms. The maximum Gasteiger partial charge on any atom is 0.293 e. The summed E-state index contributed by atoms with van der Waals surface area (Å²) in [4.78, 5) is 36.9. The molecular formula is C15H22N2O4. The third kappa shape index (κ3) is 6.25. The van der Waals surface area contributed by atoms with Gasteiger partial charge in [0.05, 0.1) is 0 Å². The Kier molecular flexibility index (Phi) is 6.14. The van der Waals surface area contributed by atoms with E-state index in [1.807, 2.05) is 20.8 Å². The van der Waals surface area contributed by atoms with E-state index in [-0.39, 0.29) is 17.3 Å². The number of H-pyrrole nitrogens is 1. The molecule has 0 saturated carbocycles. The fourth-order valence-corrected chi connectivity index (χ4v) is 1.74. The van der Waals surface area contributed by atoms with Crippen LogP contribution in [0.15, 0.2) is 18.3 Å². The first-order valence-electron chi connectivity index (χ1n) is 6.89. The van der Waals surface area contributed by atoms with Crippen LogP contribution in [0.1, 0.15) is 44.1 Å². The number of carbonyl (C=O) groups is 3. The van der Waals surface area contributed by atoms with E-state index >= 15 is 0 Å². The van der Waals surface area contributed by atoms with Gasteiger partial charge in [-0.3, -0.25) is 14.4 Å². The topological polar surface area (TPSA) is 79.5 Å². The van der Waals surface area contributed by atoms with Crippen molar-refractivity contribution in [2.24, 2.45) is 0 Å². The van der Waals surface area contributed by atoms with E-state index in [0.29, 0.717) is 38.1 Å². The molecule has 1 aromatic heterocycles. The highest BCUT2D eigenvalue weighted by Crippen LogP contribution is 2.09. The van der Waals surface area contributed by atoms with Gasteiger partial charge in [0, 0.05) is 32.1 Å². The summed E-state index contributed by atoms with van der Waals surface area (Å²) in [6.45, 7) is 7.03. The third-order valence-electron chi connectivity index (χ3n) is 2.84. The smallest absolute Gasteiger partial charge is 0.293 e. The summed E-state index contributed by atoms with van der Waals surface area (Å²) in [5.41, 5.74) is 0.279. The molecule has 1 fully saturated rings. The number of hydrogen-bond donors (Lipinski definition) is 1. The summed E-state index contributed by atoms with van der Waals surface area (Å²) in [5, 5.41) is 0. The summed E-state index contributed by atoms with van der Waals surface area (Å²) in [6, 6.07) is 3.54. The Balaban J connectivity index is 0.000000270. The molecule has 116 valence electrons. The van der Waals surface area contributed by atoms with Gasteiger partial charge in [0.1, 0.15) is 17.1 Å². The fraction of sp³-hybridized carbons (Fsp3) is 0.533. The van der Waals surface area contributed by atoms with Gasteiger partial charge in [-0.1, -0.05) is 0 Å². The van der Waals surface area contributed by atoms with Crippen molar-refractivity contribution in [2.45, 2.75) is 39.2 Å². The van der Waals surface area contributed by atoms with E-state index in [2.05, 4.69) is 9.72 Å². The second kappa shape index (κ2) is 7.61. The lowest BCUT2D eigenvalue weighted by atomic mass is 10.1. The summed E-state index contributed by atoms with van der Waals surface area (Å²) in [5.74, 6) is 0.239. The Morgan fingerprint density at radius 1 is 1.33 bits per heavy atom. The van der Waals surface area contributed by atoms with Crippen LogP contribution in [0.2, 0.25) is 0 Å². The van der Waals surface area contributed by atoms with Gasteiger partial charge in [0.15, 0.2) is 0 Å². The van der Waals surface area contributed by atoms with Gasteiger partial charge in [-0.15, -0.1) is 0 Å². The van der Waals surface area contributed by atoms with Crippen LogP contribution in [0.3, 0.4) is 0 Å². The van der Waals surface area contributed by atoms with Gasteiger partial charge in [-0.2, -0.15) is 0 Å². The number of Topliss-reactive ketones (excluding diaryl/α,β-unsaturated/α-hetero) is 1. The number of ether oxygens (including phenoxy) is 1. The zero-order valence-corrected chi connectivity index (χ0v) is 12.7. The molecular weight excluding hydrogens is 272 g/mol. The average molecular weight is 294 g/mol. The predicted molar refractivity (Wildman–Crippen MR) is 77.8 cm³/mol. The standard InChI is InChI=1S/C10H12N2O2.C5H10O2/c13-8-3-6-12(7-4-8)10(14)9-2-1-5-11-9;1-5(2,3)7-4-6/h1-2,5,11H,3-4,6-7H2;4H,1-3H3. The molecule has 1 N–H and O–H groups in total. The highest BCUT2D eigenvalue weighted by atomic mass is 16.5. The van der Waals surface area contributed by atoms with E-state index in [0.717, 1.165) is 0 Å². The van der Waals surface area contributed by atoms with Crippen LogP contribution >= 0.6 is 0 Å². The maximum atomic E-state index is 11.8. The second-order valence-corrected chi connectivity index (χ2v) is 5.74. The molecule has 0 radical (unpaired) electrons. The average Bonchev–Trinajstić information content (AvgIpc) is 2.92. The first-order valence-corrected chi connectivity index (χ1v) is 6.89. The zero-order chi connectivity index (χ0) is 15.9. The van der Waals surface area contributed by atoms with Crippen LogP contribution in [-0.4, -0.2) is 46.7 Å². The minimum atomic E-state index is -0.318. The van der Waals surface area contributed by atoms with Crippen molar-refractivity contribution in [1.82, 2.24) is 9.88 Å². The van der Waals surface area contributed by atoms with Crippen molar-refractivity contribution >= 4 is 18.2 Å². The Hall–Kier alpha value is -2.11. The Morgan fingerprint density at radius 2 is 1.95 bits per heavy atom. The molecule has 6 heteroatoms. The number of carbonyl (C=O) groups excluding carboxylic acids is 3. The summed E-state index contributed by atoms with van der Waals surface area (Å²) < 4.78 is 4.55. The van der Waals surface area contributed by atoms with Crippen molar-refractivity contribution < 1.29 is 19.1 Å². The van der Waals surface area contributed by atoms with Gasteiger partial charge < -0.3 is 14.6 Å². The van der Waals surface area contributed by atoms with Gasteiger partial charge in [-0.25, -0.2) is 0 Å². The number of rotatable bonds is 2. The van der Waals surface area contributed by atoms with Crippen LogP contribution in [0.4, 0.5) is 0 Å². The molecule has 1 saturated heterocycles. The van der Waals surface area contributed by atoms with E-state index in [1.165, 1.54) is 0 Å². The number of nitrogens with zero attached hydrogens (tertiary/aromatic N) is 1. The molecule has 1 aliphatic rings. The highest BCUT2D eigenvalue weighted by Gasteiger charge is 2.21. The fourth-order valence-electron chi connectivity index (χ4n) is 1.74. The lowest BCUT2D eigenvalue weighted by Crippen LogP contribution is -2.38. The van der Waals surface area contributed by atoms with Gasteiger partial charge in [-0.05, 0) is 32.9 Å². The number of likely N-dealkylation sites (tertiary alicyclic amines) is 1. The lowest BCUT2D eigenvalue weighted by Gasteiger charge is -2.25. The number of piperidine rings is 1. The Bertz CT molecular complexity index is 464. The Labute approximate surface area is 124 Å².